The lowest BCUT2D eigenvalue weighted by atomic mass is 10.0. The molecule has 0 aromatic heterocycles. The third-order valence-electron chi connectivity index (χ3n) is 3.91. The van der Waals surface area contributed by atoms with Crippen LogP contribution in [0.15, 0.2) is 24.3 Å². The molecule has 0 unspecified atom stereocenters. The quantitative estimate of drug-likeness (QED) is 0.712. The topological polar surface area (TPSA) is 29.1 Å². The average molecular weight is 338 g/mol. The van der Waals surface area contributed by atoms with Crippen LogP contribution >= 0.6 is 23.5 Å². The minimum atomic E-state index is 0.168. The monoisotopic (exact) mass is 337 g/mol. The van der Waals surface area contributed by atoms with E-state index in [1.807, 2.05) is 11.8 Å². The zero-order valence-corrected chi connectivity index (χ0v) is 15.1. The van der Waals surface area contributed by atoms with Crippen LogP contribution in [0.4, 0.5) is 0 Å². The number of nitrogens with one attached hydrogen (secondary N) is 1. The van der Waals surface area contributed by atoms with Gasteiger partial charge in [0, 0.05) is 23.3 Å². The molecule has 0 aliphatic heterocycles. The van der Waals surface area contributed by atoms with Crippen molar-refractivity contribution in [3.8, 4) is 0 Å². The summed E-state index contributed by atoms with van der Waals surface area (Å²) in [7, 11) is 0. The van der Waals surface area contributed by atoms with Crippen molar-refractivity contribution < 1.29 is 4.79 Å². The Morgan fingerprint density at radius 1 is 1.27 bits per heavy atom. The van der Waals surface area contributed by atoms with Crippen molar-refractivity contribution in [3.05, 3.63) is 35.4 Å². The maximum Gasteiger partial charge on any atom is 0.230 e. The lowest BCUT2D eigenvalue weighted by Crippen LogP contribution is -2.28. The van der Waals surface area contributed by atoms with Crippen molar-refractivity contribution in [2.45, 2.75) is 50.0 Å². The van der Waals surface area contributed by atoms with Gasteiger partial charge in [-0.3, -0.25) is 4.79 Å². The van der Waals surface area contributed by atoms with E-state index < -0.39 is 0 Å². The lowest BCUT2D eigenvalue weighted by molar-refractivity contribution is -0.118. The maximum absolute atomic E-state index is 11.8. The van der Waals surface area contributed by atoms with Crippen LogP contribution in [-0.2, 0) is 10.5 Å². The molecule has 1 fully saturated rings. The molecule has 122 valence electrons. The molecular weight excluding hydrogens is 310 g/mol. The minimum absolute atomic E-state index is 0.168. The van der Waals surface area contributed by atoms with E-state index in [0.29, 0.717) is 5.75 Å². The molecule has 1 aliphatic carbocycles. The molecule has 0 bridgehead atoms. The van der Waals surface area contributed by atoms with Crippen LogP contribution in [0.3, 0.4) is 0 Å². The predicted molar refractivity (Wildman–Crippen MR) is 99.7 cm³/mol. The number of rotatable bonds is 8. The average Bonchev–Trinajstić information content (AvgIpc) is 2.53. The van der Waals surface area contributed by atoms with Crippen molar-refractivity contribution in [1.29, 1.82) is 0 Å². The largest absolute Gasteiger partial charge is 0.355 e. The van der Waals surface area contributed by atoms with E-state index in [1.54, 1.807) is 11.8 Å². The van der Waals surface area contributed by atoms with E-state index in [9.17, 15) is 4.79 Å². The summed E-state index contributed by atoms with van der Waals surface area (Å²) in [5, 5.41) is 3.87. The standard InChI is InChI=1S/C18H27NOS2/c1-15-6-5-7-16(12-15)13-21-14-18(20)19-10-11-22-17-8-3-2-4-9-17/h5-7,12,17H,2-4,8-11,13-14H2,1H3,(H,19,20). The van der Waals surface area contributed by atoms with Crippen LogP contribution in [0, 0.1) is 6.92 Å². The van der Waals surface area contributed by atoms with Gasteiger partial charge in [-0.1, -0.05) is 49.1 Å². The van der Waals surface area contributed by atoms with Crippen molar-refractivity contribution >= 4 is 29.4 Å². The smallest absolute Gasteiger partial charge is 0.230 e. The van der Waals surface area contributed by atoms with E-state index in [0.717, 1.165) is 23.3 Å². The van der Waals surface area contributed by atoms with E-state index in [1.165, 1.54) is 43.2 Å². The van der Waals surface area contributed by atoms with Gasteiger partial charge in [-0.2, -0.15) is 11.8 Å². The third kappa shape index (κ3) is 7.10. The Labute approximate surface area is 143 Å². The van der Waals surface area contributed by atoms with Crippen LogP contribution < -0.4 is 5.32 Å². The fourth-order valence-electron chi connectivity index (χ4n) is 2.76. The van der Waals surface area contributed by atoms with Gasteiger partial charge in [-0.15, -0.1) is 11.8 Å². The summed E-state index contributed by atoms with van der Waals surface area (Å²) in [6, 6.07) is 8.49. The highest BCUT2D eigenvalue weighted by atomic mass is 32.2. The van der Waals surface area contributed by atoms with Crippen molar-refractivity contribution in [1.82, 2.24) is 5.32 Å². The summed E-state index contributed by atoms with van der Waals surface area (Å²) in [6.07, 6.45) is 6.92. The molecule has 22 heavy (non-hydrogen) atoms. The van der Waals surface area contributed by atoms with Gasteiger partial charge >= 0.3 is 0 Å². The van der Waals surface area contributed by atoms with E-state index >= 15 is 0 Å². The Bertz CT molecular complexity index is 458. The van der Waals surface area contributed by atoms with Gasteiger partial charge in [0.15, 0.2) is 0 Å². The number of aryl methyl sites for hydroxylation is 1. The molecule has 0 radical (unpaired) electrons. The Morgan fingerprint density at radius 2 is 2.09 bits per heavy atom. The van der Waals surface area contributed by atoms with Gasteiger partial charge in [0.05, 0.1) is 5.75 Å². The van der Waals surface area contributed by atoms with Gasteiger partial charge in [-0.25, -0.2) is 0 Å². The first-order chi connectivity index (χ1) is 10.7. The highest BCUT2D eigenvalue weighted by Gasteiger charge is 2.13. The molecule has 1 N–H and O–H groups in total. The summed E-state index contributed by atoms with van der Waals surface area (Å²) in [4.78, 5) is 11.8. The molecule has 1 aromatic rings. The van der Waals surface area contributed by atoms with E-state index in [4.69, 9.17) is 0 Å². The second-order valence-electron chi connectivity index (χ2n) is 5.96. The van der Waals surface area contributed by atoms with Gasteiger partial charge in [0.1, 0.15) is 0 Å². The first-order valence-corrected chi connectivity index (χ1v) is 10.5. The summed E-state index contributed by atoms with van der Waals surface area (Å²) >= 11 is 3.73. The van der Waals surface area contributed by atoms with Gasteiger partial charge in [0.2, 0.25) is 5.91 Å². The maximum atomic E-state index is 11.8. The van der Waals surface area contributed by atoms with Crippen LogP contribution in [0.25, 0.3) is 0 Å². The second-order valence-corrected chi connectivity index (χ2v) is 8.36. The molecule has 1 aromatic carbocycles. The van der Waals surface area contributed by atoms with Crippen molar-refractivity contribution in [2.75, 3.05) is 18.1 Å². The summed E-state index contributed by atoms with van der Waals surface area (Å²) in [5.41, 5.74) is 2.58. The summed E-state index contributed by atoms with van der Waals surface area (Å²) in [6.45, 7) is 2.91. The molecule has 1 aliphatic rings. The zero-order chi connectivity index (χ0) is 15.6. The second kappa shape index (κ2) is 10.2. The number of amides is 1. The Kier molecular flexibility index (Phi) is 8.24. The summed E-state index contributed by atoms with van der Waals surface area (Å²) in [5.74, 6) is 2.69. The van der Waals surface area contributed by atoms with Crippen LogP contribution in [0.2, 0.25) is 0 Å². The van der Waals surface area contributed by atoms with Gasteiger partial charge < -0.3 is 5.32 Å². The van der Waals surface area contributed by atoms with Crippen LogP contribution in [0.5, 0.6) is 0 Å². The molecule has 0 spiro atoms. The molecule has 2 rings (SSSR count). The highest BCUT2D eigenvalue weighted by molar-refractivity contribution is 8.00. The fraction of sp³-hybridized carbons (Fsp3) is 0.611. The lowest BCUT2D eigenvalue weighted by Gasteiger charge is -2.20. The first kappa shape index (κ1) is 17.7. The fourth-order valence-corrected chi connectivity index (χ4v) is 4.79. The number of hydrogen-bond donors (Lipinski definition) is 1. The van der Waals surface area contributed by atoms with Crippen molar-refractivity contribution in [3.63, 3.8) is 0 Å². The highest BCUT2D eigenvalue weighted by Crippen LogP contribution is 2.27. The molecule has 1 saturated carbocycles. The molecule has 0 atom stereocenters. The number of hydrogen-bond acceptors (Lipinski definition) is 3. The Hall–Kier alpha value is -0.610. The zero-order valence-electron chi connectivity index (χ0n) is 13.5. The molecule has 4 heteroatoms. The number of carbonyl (C=O) groups excluding carboxylic acids is 1. The molecule has 1 amide bonds. The first-order valence-electron chi connectivity index (χ1n) is 8.25. The Balaban J connectivity index is 1.50. The molecule has 0 saturated heterocycles. The number of benzene rings is 1. The number of carbonyl (C=O) groups is 1. The Morgan fingerprint density at radius 3 is 2.86 bits per heavy atom. The SMILES string of the molecule is Cc1cccc(CSCC(=O)NCCSC2CCCCC2)c1. The third-order valence-corrected chi connectivity index (χ3v) is 6.30. The van der Waals surface area contributed by atoms with E-state index in [-0.39, 0.29) is 5.91 Å². The summed E-state index contributed by atoms with van der Waals surface area (Å²) < 4.78 is 0. The number of thioether (sulfide) groups is 2. The van der Waals surface area contributed by atoms with E-state index in [2.05, 4.69) is 36.5 Å². The van der Waals surface area contributed by atoms with Crippen LogP contribution in [0.1, 0.15) is 43.2 Å². The van der Waals surface area contributed by atoms with Crippen LogP contribution in [-0.4, -0.2) is 29.2 Å². The van der Waals surface area contributed by atoms with Gasteiger partial charge in [0.25, 0.3) is 0 Å². The normalized spacial score (nSPS) is 15.7. The molecular formula is C18H27NOS2. The van der Waals surface area contributed by atoms with Crippen molar-refractivity contribution in [2.24, 2.45) is 0 Å². The molecule has 0 heterocycles. The van der Waals surface area contributed by atoms with Gasteiger partial charge in [-0.05, 0) is 25.3 Å². The molecule has 2 nitrogen and oxygen atoms in total. The predicted octanol–water partition coefficient (Wildman–Crippen LogP) is 4.41. The minimum Gasteiger partial charge on any atom is -0.355 e.